The van der Waals surface area contributed by atoms with Crippen molar-refractivity contribution < 1.29 is 18.3 Å². The van der Waals surface area contributed by atoms with Crippen molar-refractivity contribution in [3.05, 3.63) is 54.5 Å². The maximum Gasteiger partial charge on any atom is 0.352 e. The number of carboxylic acid groups (broad SMARTS) is 1. The minimum absolute atomic E-state index is 0.0260. The minimum atomic E-state index is -3.60. The van der Waals surface area contributed by atoms with E-state index in [9.17, 15) is 18.3 Å². The zero-order valence-electron chi connectivity index (χ0n) is 15.5. The van der Waals surface area contributed by atoms with Crippen molar-refractivity contribution in [2.24, 2.45) is 0 Å². The summed E-state index contributed by atoms with van der Waals surface area (Å²) in [7, 11) is -0.672. The van der Waals surface area contributed by atoms with E-state index < -0.39 is 16.0 Å². The van der Waals surface area contributed by atoms with E-state index in [1.807, 2.05) is 0 Å². The third-order valence-electron chi connectivity index (χ3n) is 4.48. The second-order valence-corrected chi connectivity index (χ2v) is 8.72. The van der Waals surface area contributed by atoms with Gasteiger partial charge in [-0.05, 0) is 30.3 Å². The Morgan fingerprint density at radius 1 is 1.17 bits per heavy atom. The van der Waals surface area contributed by atoms with Gasteiger partial charge in [-0.2, -0.15) is 0 Å². The first-order chi connectivity index (χ1) is 13.8. The van der Waals surface area contributed by atoms with Gasteiger partial charge in [0.2, 0.25) is 10.0 Å². The molecule has 9 nitrogen and oxygen atoms in total. The molecule has 3 aromatic heterocycles. The van der Waals surface area contributed by atoms with Crippen LogP contribution >= 0.6 is 0 Å². The molecular formula is C19H17N5O4S. The van der Waals surface area contributed by atoms with Crippen LogP contribution in [0.25, 0.3) is 21.8 Å². The topological polar surface area (TPSA) is 128 Å². The summed E-state index contributed by atoms with van der Waals surface area (Å²) in [5, 5.41) is 13.8. The van der Waals surface area contributed by atoms with Crippen LogP contribution in [0.5, 0.6) is 0 Å². The standard InChI is InChI=1S/C19H17N5O4S/c1-24(2)29(27,28)12-5-3-4-11(8-12)21-18-14-9-15(19(25)26)22-17(14)13-6-7-20-10-16(13)23-18/h3-10,22H,1-2H3,(H,21,23)(H,25,26). The first-order valence-corrected chi connectivity index (χ1v) is 10.0. The summed E-state index contributed by atoms with van der Waals surface area (Å²) in [6.07, 6.45) is 3.18. The van der Waals surface area contributed by atoms with Gasteiger partial charge in [-0.15, -0.1) is 0 Å². The molecule has 0 aliphatic heterocycles. The highest BCUT2D eigenvalue weighted by Gasteiger charge is 2.19. The third kappa shape index (κ3) is 3.28. The molecule has 0 unspecified atom stereocenters. The van der Waals surface area contributed by atoms with E-state index in [0.717, 1.165) is 9.69 Å². The molecule has 0 fully saturated rings. The monoisotopic (exact) mass is 411 g/mol. The number of H-pyrrole nitrogens is 1. The summed E-state index contributed by atoms with van der Waals surface area (Å²) in [5.41, 5.74) is 1.70. The molecule has 0 bridgehead atoms. The quantitative estimate of drug-likeness (QED) is 0.461. The van der Waals surface area contributed by atoms with E-state index in [1.54, 1.807) is 30.6 Å². The number of hydrogen-bond donors (Lipinski definition) is 3. The van der Waals surface area contributed by atoms with Gasteiger partial charge in [-0.1, -0.05) is 6.07 Å². The van der Waals surface area contributed by atoms with Crippen LogP contribution in [0.1, 0.15) is 10.5 Å². The second-order valence-electron chi connectivity index (χ2n) is 6.57. The lowest BCUT2D eigenvalue weighted by Gasteiger charge is -2.13. The second kappa shape index (κ2) is 6.83. The van der Waals surface area contributed by atoms with Crippen molar-refractivity contribution in [1.82, 2.24) is 19.3 Å². The highest BCUT2D eigenvalue weighted by atomic mass is 32.2. The van der Waals surface area contributed by atoms with Crippen molar-refractivity contribution >= 4 is 49.3 Å². The van der Waals surface area contributed by atoms with Gasteiger partial charge in [0.15, 0.2) is 0 Å². The maximum absolute atomic E-state index is 12.4. The molecule has 4 rings (SSSR count). The summed E-state index contributed by atoms with van der Waals surface area (Å²) in [4.78, 5) is 23.1. The zero-order chi connectivity index (χ0) is 20.8. The van der Waals surface area contributed by atoms with E-state index in [0.29, 0.717) is 27.9 Å². The number of benzene rings is 1. The Bertz CT molecular complexity index is 1360. The first-order valence-electron chi connectivity index (χ1n) is 8.57. The Morgan fingerprint density at radius 3 is 2.69 bits per heavy atom. The number of nitrogens with zero attached hydrogens (tertiary/aromatic N) is 3. The minimum Gasteiger partial charge on any atom is -0.477 e. The molecule has 0 radical (unpaired) electrons. The predicted molar refractivity (Wildman–Crippen MR) is 109 cm³/mol. The molecule has 3 N–H and O–H groups in total. The molecule has 0 saturated heterocycles. The molecule has 148 valence electrons. The van der Waals surface area contributed by atoms with Gasteiger partial charge >= 0.3 is 5.97 Å². The molecule has 4 aromatic rings. The van der Waals surface area contributed by atoms with Gasteiger partial charge in [0.25, 0.3) is 0 Å². The molecule has 0 saturated carbocycles. The van der Waals surface area contributed by atoms with Gasteiger partial charge in [0.05, 0.1) is 22.1 Å². The number of nitrogens with one attached hydrogen (secondary N) is 2. The smallest absolute Gasteiger partial charge is 0.352 e. The Labute approximate surface area is 166 Å². The van der Waals surface area contributed by atoms with Crippen LogP contribution in [-0.2, 0) is 10.0 Å². The summed E-state index contributed by atoms with van der Waals surface area (Å²) in [6.45, 7) is 0. The zero-order valence-corrected chi connectivity index (χ0v) is 16.4. The number of pyridine rings is 2. The van der Waals surface area contributed by atoms with Crippen LogP contribution in [0.3, 0.4) is 0 Å². The summed E-state index contributed by atoms with van der Waals surface area (Å²) >= 11 is 0. The summed E-state index contributed by atoms with van der Waals surface area (Å²) in [6, 6.07) is 9.58. The van der Waals surface area contributed by atoms with Gasteiger partial charge in [-0.3, -0.25) is 4.98 Å². The van der Waals surface area contributed by atoms with Gasteiger partial charge < -0.3 is 15.4 Å². The number of rotatable bonds is 5. The number of aromatic carboxylic acids is 1. The predicted octanol–water partition coefficient (Wildman–Crippen LogP) is 2.80. The number of anilines is 2. The molecule has 3 heterocycles. The van der Waals surface area contributed by atoms with Crippen molar-refractivity contribution in [2.45, 2.75) is 4.90 Å². The molecule has 0 aliphatic carbocycles. The Morgan fingerprint density at radius 2 is 1.97 bits per heavy atom. The molecule has 0 atom stereocenters. The van der Waals surface area contributed by atoms with Crippen molar-refractivity contribution in [2.75, 3.05) is 19.4 Å². The molecule has 0 spiro atoms. The Balaban J connectivity index is 1.87. The average molecular weight is 411 g/mol. The van der Waals surface area contributed by atoms with E-state index in [1.165, 1.54) is 32.3 Å². The Hall–Kier alpha value is -3.50. The molecule has 0 amide bonds. The van der Waals surface area contributed by atoms with E-state index in [2.05, 4.69) is 20.3 Å². The Kier molecular flexibility index (Phi) is 4.44. The van der Waals surface area contributed by atoms with Crippen LogP contribution in [0, 0.1) is 0 Å². The summed E-state index contributed by atoms with van der Waals surface area (Å²) < 4.78 is 25.9. The SMILES string of the molecule is CN(C)S(=O)(=O)c1cccc(Nc2nc3cnccc3c3[nH]c(C(=O)O)cc23)c1. The summed E-state index contributed by atoms with van der Waals surface area (Å²) in [5.74, 6) is -0.697. The molecule has 29 heavy (non-hydrogen) atoms. The van der Waals surface area contributed by atoms with Crippen LogP contribution in [0.2, 0.25) is 0 Å². The number of sulfonamides is 1. The molecule has 0 aliphatic rings. The number of fused-ring (bicyclic) bond motifs is 3. The molecule has 1 aromatic carbocycles. The van der Waals surface area contributed by atoms with Gasteiger partial charge in [0.1, 0.15) is 11.5 Å². The van der Waals surface area contributed by atoms with Gasteiger partial charge in [0, 0.05) is 36.8 Å². The van der Waals surface area contributed by atoms with Crippen molar-refractivity contribution in [3.63, 3.8) is 0 Å². The van der Waals surface area contributed by atoms with E-state index >= 15 is 0 Å². The van der Waals surface area contributed by atoms with Crippen LogP contribution < -0.4 is 5.32 Å². The van der Waals surface area contributed by atoms with Crippen LogP contribution in [0.15, 0.2) is 53.7 Å². The fraction of sp³-hybridized carbons (Fsp3) is 0.105. The van der Waals surface area contributed by atoms with Gasteiger partial charge in [-0.25, -0.2) is 22.5 Å². The fourth-order valence-corrected chi connectivity index (χ4v) is 3.96. The number of aromatic nitrogens is 3. The first kappa shape index (κ1) is 18.8. The number of aromatic amines is 1. The number of carboxylic acids is 1. The van der Waals surface area contributed by atoms with E-state index in [-0.39, 0.29) is 10.6 Å². The third-order valence-corrected chi connectivity index (χ3v) is 6.29. The molecule has 10 heteroatoms. The van der Waals surface area contributed by atoms with Crippen molar-refractivity contribution in [1.29, 1.82) is 0 Å². The lowest BCUT2D eigenvalue weighted by Crippen LogP contribution is -2.22. The van der Waals surface area contributed by atoms with Crippen LogP contribution in [-0.4, -0.2) is 52.8 Å². The van der Waals surface area contributed by atoms with Crippen LogP contribution in [0.4, 0.5) is 11.5 Å². The average Bonchev–Trinajstić information content (AvgIpc) is 3.15. The van der Waals surface area contributed by atoms with Crippen molar-refractivity contribution in [3.8, 4) is 0 Å². The maximum atomic E-state index is 12.4. The highest BCUT2D eigenvalue weighted by Crippen LogP contribution is 2.31. The van der Waals surface area contributed by atoms with E-state index in [4.69, 9.17) is 0 Å². The molecular weight excluding hydrogens is 394 g/mol. The fourth-order valence-electron chi connectivity index (χ4n) is 3.01. The largest absolute Gasteiger partial charge is 0.477 e. The normalized spacial score (nSPS) is 12.0. The number of carbonyl (C=O) groups is 1. The highest BCUT2D eigenvalue weighted by molar-refractivity contribution is 7.89. The lowest BCUT2D eigenvalue weighted by molar-refractivity contribution is 0.0691. The lowest BCUT2D eigenvalue weighted by atomic mass is 10.2. The number of hydrogen-bond acceptors (Lipinski definition) is 6.